The van der Waals surface area contributed by atoms with Crippen molar-refractivity contribution in [3.8, 4) is 5.75 Å². The zero-order valence-corrected chi connectivity index (χ0v) is 12.4. The third kappa shape index (κ3) is 3.81. The zero-order valence-electron chi connectivity index (χ0n) is 10.8. The number of nitrogens with one attached hydrogen (secondary N) is 1. The van der Waals surface area contributed by atoms with E-state index in [0.29, 0.717) is 10.2 Å². The molecule has 0 atom stereocenters. The molecule has 0 radical (unpaired) electrons. The van der Waals surface area contributed by atoms with E-state index in [4.69, 9.17) is 4.74 Å². The monoisotopic (exact) mass is 337 g/mol. The minimum atomic E-state index is -0.414. The molecule has 0 saturated carbocycles. The molecule has 0 aliphatic rings. The first-order chi connectivity index (χ1) is 9.56. The molecule has 104 valence electrons. The lowest BCUT2D eigenvalue weighted by molar-refractivity contribution is -0.118. The first-order valence-corrected chi connectivity index (χ1v) is 6.79. The second-order valence-corrected chi connectivity index (χ2v) is 5.08. The molecule has 20 heavy (non-hydrogen) atoms. The highest BCUT2D eigenvalue weighted by Crippen LogP contribution is 2.25. The van der Waals surface area contributed by atoms with Gasteiger partial charge < -0.3 is 10.1 Å². The van der Waals surface area contributed by atoms with Crippen LogP contribution in [0.15, 0.2) is 46.9 Å². The van der Waals surface area contributed by atoms with Crippen LogP contribution in [0, 0.1) is 12.7 Å². The minimum absolute atomic E-state index is 0.184. The highest BCUT2D eigenvalue weighted by molar-refractivity contribution is 9.10. The van der Waals surface area contributed by atoms with Gasteiger partial charge in [-0.05, 0) is 46.6 Å². The lowest BCUT2D eigenvalue weighted by atomic mass is 10.2. The van der Waals surface area contributed by atoms with Crippen molar-refractivity contribution in [2.24, 2.45) is 0 Å². The first kappa shape index (κ1) is 14.5. The van der Waals surface area contributed by atoms with Crippen molar-refractivity contribution in [2.45, 2.75) is 6.92 Å². The van der Waals surface area contributed by atoms with Crippen molar-refractivity contribution in [1.82, 2.24) is 0 Å². The van der Waals surface area contributed by atoms with E-state index in [9.17, 15) is 9.18 Å². The highest BCUT2D eigenvalue weighted by atomic mass is 79.9. The summed E-state index contributed by atoms with van der Waals surface area (Å²) < 4.78 is 19.0. The van der Waals surface area contributed by atoms with Crippen LogP contribution in [0.3, 0.4) is 0 Å². The summed E-state index contributed by atoms with van der Waals surface area (Å²) in [5, 5.41) is 2.74. The van der Waals surface area contributed by atoms with Crippen molar-refractivity contribution < 1.29 is 13.9 Å². The van der Waals surface area contributed by atoms with E-state index < -0.39 is 5.82 Å². The van der Waals surface area contributed by atoms with Crippen LogP contribution in [0.2, 0.25) is 0 Å². The summed E-state index contributed by atoms with van der Waals surface area (Å²) >= 11 is 3.24. The molecule has 0 aliphatic heterocycles. The van der Waals surface area contributed by atoms with Gasteiger partial charge in [0.25, 0.3) is 5.91 Å². The molecule has 0 spiro atoms. The molecular weight excluding hydrogens is 325 g/mol. The molecule has 0 aliphatic carbocycles. The van der Waals surface area contributed by atoms with Gasteiger partial charge in [-0.3, -0.25) is 4.79 Å². The summed E-state index contributed by atoms with van der Waals surface area (Å²) in [7, 11) is 0. The van der Waals surface area contributed by atoms with Gasteiger partial charge in [0, 0.05) is 11.8 Å². The number of para-hydroxylation sites is 1. The molecule has 5 heteroatoms. The quantitative estimate of drug-likeness (QED) is 0.918. The molecule has 0 bridgehead atoms. The van der Waals surface area contributed by atoms with Gasteiger partial charge in [0.05, 0.1) is 4.47 Å². The van der Waals surface area contributed by atoms with Crippen LogP contribution >= 0.6 is 15.9 Å². The van der Waals surface area contributed by atoms with Gasteiger partial charge in [0.1, 0.15) is 11.6 Å². The Labute approximate surface area is 124 Å². The van der Waals surface area contributed by atoms with Crippen LogP contribution in [-0.2, 0) is 4.79 Å². The number of benzene rings is 2. The zero-order chi connectivity index (χ0) is 14.5. The van der Waals surface area contributed by atoms with Crippen LogP contribution in [0.4, 0.5) is 10.1 Å². The van der Waals surface area contributed by atoms with Gasteiger partial charge in [-0.1, -0.05) is 18.2 Å². The summed E-state index contributed by atoms with van der Waals surface area (Å²) in [6.45, 7) is 1.72. The Morgan fingerprint density at radius 1 is 1.30 bits per heavy atom. The standard InChI is InChI=1S/C15H13BrFNO2/c1-10-4-2-3-5-13(10)18-15(19)9-20-14-8-11(17)6-7-12(14)16/h2-8H,9H2,1H3,(H,18,19). The van der Waals surface area contributed by atoms with Gasteiger partial charge >= 0.3 is 0 Å². The summed E-state index contributed by atoms with van der Waals surface area (Å²) in [4.78, 5) is 11.8. The molecular formula is C15H13BrFNO2. The maximum absolute atomic E-state index is 13.1. The van der Waals surface area contributed by atoms with Crippen LogP contribution in [0.25, 0.3) is 0 Å². The predicted molar refractivity (Wildman–Crippen MR) is 79.4 cm³/mol. The number of amides is 1. The lowest BCUT2D eigenvalue weighted by Gasteiger charge is -2.10. The minimum Gasteiger partial charge on any atom is -0.482 e. The Morgan fingerprint density at radius 2 is 2.05 bits per heavy atom. The van der Waals surface area contributed by atoms with E-state index in [-0.39, 0.29) is 12.5 Å². The molecule has 2 aromatic rings. The Balaban J connectivity index is 1.96. The first-order valence-electron chi connectivity index (χ1n) is 5.99. The Bertz CT molecular complexity index is 631. The van der Waals surface area contributed by atoms with Gasteiger partial charge in [-0.25, -0.2) is 4.39 Å². The number of carbonyl (C=O) groups excluding carboxylic acids is 1. The molecule has 1 amide bonds. The molecule has 0 fully saturated rings. The Morgan fingerprint density at radius 3 is 2.80 bits per heavy atom. The van der Waals surface area contributed by atoms with E-state index >= 15 is 0 Å². The lowest BCUT2D eigenvalue weighted by Crippen LogP contribution is -2.20. The Kier molecular flexibility index (Phi) is 4.74. The number of ether oxygens (including phenoxy) is 1. The fraction of sp³-hybridized carbons (Fsp3) is 0.133. The number of anilines is 1. The highest BCUT2D eigenvalue weighted by Gasteiger charge is 2.08. The molecule has 0 saturated heterocycles. The second kappa shape index (κ2) is 6.52. The van der Waals surface area contributed by atoms with Gasteiger partial charge in [-0.2, -0.15) is 0 Å². The summed E-state index contributed by atoms with van der Waals surface area (Å²) in [6.07, 6.45) is 0. The maximum atomic E-state index is 13.1. The van der Waals surface area contributed by atoms with Crippen molar-refractivity contribution in [1.29, 1.82) is 0 Å². The molecule has 2 rings (SSSR count). The normalized spacial score (nSPS) is 10.2. The van der Waals surface area contributed by atoms with Crippen molar-refractivity contribution >= 4 is 27.5 Å². The largest absolute Gasteiger partial charge is 0.482 e. The van der Waals surface area contributed by atoms with E-state index in [1.54, 1.807) is 0 Å². The van der Waals surface area contributed by atoms with Crippen LogP contribution in [0.5, 0.6) is 5.75 Å². The second-order valence-electron chi connectivity index (χ2n) is 4.23. The average Bonchev–Trinajstić information content (AvgIpc) is 2.42. The van der Waals surface area contributed by atoms with E-state index in [0.717, 1.165) is 11.3 Å². The summed E-state index contributed by atoms with van der Waals surface area (Å²) in [5.74, 6) is -0.414. The number of halogens is 2. The molecule has 0 aromatic heterocycles. The number of aryl methyl sites for hydroxylation is 1. The average molecular weight is 338 g/mol. The topological polar surface area (TPSA) is 38.3 Å². The molecule has 1 N–H and O–H groups in total. The Hall–Kier alpha value is -1.88. The van der Waals surface area contributed by atoms with Crippen molar-refractivity contribution in [2.75, 3.05) is 11.9 Å². The number of carbonyl (C=O) groups is 1. The van der Waals surface area contributed by atoms with E-state index in [1.807, 2.05) is 31.2 Å². The van der Waals surface area contributed by atoms with Gasteiger partial charge in [0.2, 0.25) is 0 Å². The van der Waals surface area contributed by atoms with Crippen molar-refractivity contribution in [3.05, 3.63) is 58.3 Å². The maximum Gasteiger partial charge on any atom is 0.262 e. The summed E-state index contributed by atoms with van der Waals surface area (Å²) in [6, 6.07) is 11.5. The van der Waals surface area contributed by atoms with Crippen molar-refractivity contribution in [3.63, 3.8) is 0 Å². The molecule has 0 unspecified atom stereocenters. The third-order valence-electron chi connectivity index (χ3n) is 2.67. The van der Waals surface area contributed by atoms with Gasteiger partial charge in [-0.15, -0.1) is 0 Å². The third-order valence-corrected chi connectivity index (χ3v) is 3.33. The molecule has 2 aromatic carbocycles. The molecule has 3 nitrogen and oxygen atoms in total. The SMILES string of the molecule is Cc1ccccc1NC(=O)COc1cc(F)ccc1Br. The van der Waals surface area contributed by atoms with Crippen LogP contribution in [0.1, 0.15) is 5.56 Å². The number of hydrogen-bond donors (Lipinski definition) is 1. The van der Waals surface area contributed by atoms with Crippen LogP contribution < -0.4 is 10.1 Å². The van der Waals surface area contributed by atoms with Crippen LogP contribution in [-0.4, -0.2) is 12.5 Å². The fourth-order valence-electron chi connectivity index (χ4n) is 1.63. The fourth-order valence-corrected chi connectivity index (χ4v) is 1.99. The van der Waals surface area contributed by atoms with E-state index in [1.165, 1.54) is 18.2 Å². The van der Waals surface area contributed by atoms with Gasteiger partial charge in [0.15, 0.2) is 6.61 Å². The summed E-state index contributed by atoms with van der Waals surface area (Å²) in [5.41, 5.74) is 1.70. The number of hydrogen-bond acceptors (Lipinski definition) is 2. The molecule has 0 heterocycles. The van der Waals surface area contributed by atoms with E-state index in [2.05, 4.69) is 21.2 Å². The smallest absolute Gasteiger partial charge is 0.262 e. The number of rotatable bonds is 4. The predicted octanol–water partition coefficient (Wildman–Crippen LogP) is 3.91.